The molecule has 2 aliphatic rings. The van der Waals surface area contributed by atoms with E-state index in [9.17, 15) is 9.90 Å². The standard InChI is InChI=1S/C12H13NO2/c1-7-9-6-8(12(15)4-5-12)2-3-10(9)13-11(7)14/h2-3,6-7,15H,4-5H2,1H3,(H,13,14). The summed E-state index contributed by atoms with van der Waals surface area (Å²) in [6.07, 6.45) is 1.67. The van der Waals surface area contributed by atoms with E-state index in [0.717, 1.165) is 29.7 Å². The van der Waals surface area contributed by atoms with E-state index in [-0.39, 0.29) is 11.8 Å². The molecule has 1 aromatic carbocycles. The van der Waals surface area contributed by atoms with Gasteiger partial charge in [0.05, 0.1) is 11.5 Å². The molecule has 3 rings (SSSR count). The van der Waals surface area contributed by atoms with Crippen LogP contribution >= 0.6 is 0 Å². The third kappa shape index (κ3) is 1.20. The van der Waals surface area contributed by atoms with Crippen LogP contribution in [0.5, 0.6) is 0 Å². The van der Waals surface area contributed by atoms with Crippen molar-refractivity contribution in [1.29, 1.82) is 0 Å². The van der Waals surface area contributed by atoms with Crippen molar-refractivity contribution in [2.24, 2.45) is 0 Å². The summed E-state index contributed by atoms with van der Waals surface area (Å²) in [5, 5.41) is 12.8. The van der Waals surface area contributed by atoms with Gasteiger partial charge in [0, 0.05) is 5.69 Å². The molecule has 0 bridgehead atoms. The molecule has 3 heteroatoms. The fourth-order valence-corrected chi connectivity index (χ4v) is 2.11. The van der Waals surface area contributed by atoms with E-state index in [2.05, 4.69) is 5.32 Å². The smallest absolute Gasteiger partial charge is 0.231 e. The van der Waals surface area contributed by atoms with Crippen molar-refractivity contribution >= 4 is 11.6 Å². The Kier molecular flexibility index (Phi) is 1.55. The molecule has 0 spiro atoms. The van der Waals surface area contributed by atoms with Gasteiger partial charge in [0.2, 0.25) is 5.91 Å². The van der Waals surface area contributed by atoms with Crippen LogP contribution in [-0.4, -0.2) is 11.0 Å². The Balaban J connectivity index is 2.07. The molecule has 1 aliphatic heterocycles. The molecule has 1 aromatic rings. The molecule has 0 saturated heterocycles. The predicted octanol–water partition coefficient (Wildman–Crippen LogP) is 1.72. The maximum absolute atomic E-state index is 11.4. The number of benzene rings is 1. The number of nitrogens with one attached hydrogen (secondary N) is 1. The summed E-state index contributed by atoms with van der Waals surface area (Å²) in [7, 11) is 0. The Morgan fingerprint density at radius 1 is 1.47 bits per heavy atom. The van der Waals surface area contributed by atoms with Crippen LogP contribution in [0, 0.1) is 0 Å². The van der Waals surface area contributed by atoms with Crippen LogP contribution in [0.25, 0.3) is 0 Å². The Bertz CT molecular complexity index is 449. The van der Waals surface area contributed by atoms with Crippen molar-refractivity contribution in [2.45, 2.75) is 31.3 Å². The van der Waals surface area contributed by atoms with E-state index in [4.69, 9.17) is 0 Å². The molecule has 1 unspecified atom stereocenters. The second-order valence-corrected chi connectivity index (χ2v) is 4.54. The molecular formula is C12H13NO2. The normalized spacial score (nSPS) is 26.0. The van der Waals surface area contributed by atoms with Crippen molar-refractivity contribution < 1.29 is 9.90 Å². The SMILES string of the molecule is CC1C(=O)Nc2ccc(C3(O)CC3)cc21. The lowest BCUT2D eigenvalue weighted by atomic mass is 9.97. The average molecular weight is 203 g/mol. The monoisotopic (exact) mass is 203 g/mol. The summed E-state index contributed by atoms with van der Waals surface area (Å²) in [5.41, 5.74) is 2.24. The molecule has 0 radical (unpaired) electrons. The minimum Gasteiger partial charge on any atom is -0.385 e. The number of hydrogen-bond donors (Lipinski definition) is 2. The maximum Gasteiger partial charge on any atom is 0.231 e. The average Bonchev–Trinajstić information content (AvgIpc) is 2.90. The Labute approximate surface area is 88.1 Å². The zero-order valence-corrected chi connectivity index (χ0v) is 8.58. The second kappa shape index (κ2) is 2.61. The van der Waals surface area contributed by atoms with E-state index in [1.807, 2.05) is 25.1 Å². The van der Waals surface area contributed by atoms with Gasteiger partial charge in [-0.25, -0.2) is 0 Å². The van der Waals surface area contributed by atoms with Crippen LogP contribution in [0.15, 0.2) is 18.2 Å². The van der Waals surface area contributed by atoms with Gasteiger partial charge in [-0.15, -0.1) is 0 Å². The van der Waals surface area contributed by atoms with Crippen molar-refractivity contribution in [3.63, 3.8) is 0 Å². The molecule has 2 N–H and O–H groups in total. The third-order valence-corrected chi connectivity index (χ3v) is 3.43. The maximum atomic E-state index is 11.4. The van der Waals surface area contributed by atoms with Gasteiger partial charge in [-0.3, -0.25) is 4.79 Å². The molecule has 1 atom stereocenters. The molecule has 78 valence electrons. The van der Waals surface area contributed by atoms with Crippen molar-refractivity contribution in [1.82, 2.24) is 0 Å². The molecular weight excluding hydrogens is 190 g/mol. The topological polar surface area (TPSA) is 49.3 Å². The number of aliphatic hydroxyl groups is 1. The predicted molar refractivity (Wildman–Crippen MR) is 56.6 cm³/mol. The lowest BCUT2D eigenvalue weighted by Gasteiger charge is -2.10. The van der Waals surface area contributed by atoms with E-state index < -0.39 is 5.60 Å². The highest BCUT2D eigenvalue weighted by atomic mass is 16.3. The van der Waals surface area contributed by atoms with E-state index in [1.54, 1.807) is 0 Å². The Hall–Kier alpha value is -1.35. The molecule has 1 heterocycles. The van der Waals surface area contributed by atoms with Crippen LogP contribution < -0.4 is 5.32 Å². The lowest BCUT2D eigenvalue weighted by Crippen LogP contribution is -2.08. The van der Waals surface area contributed by atoms with Gasteiger partial charge in [0.1, 0.15) is 0 Å². The number of amides is 1. The van der Waals surface area contributed by atoms with E-state index in [1.165, 1.54) is 0 Å². The largest absolute Gasteiger partial charge is 0.385 e. The summed E-state index contributed by atoms with van der Waals surface area (Å²) in [6, 6.07) is 5.76. The highest BCUT2D eigenvalue weighted by Gasteiger charge is 2.43. The fourth-order valence-electron chi connectivity index (χ4n) is 2.11. The van der Waals surface area contributed by atoms with Crippen LogP contribution in [0.4, 0.5) is 5.69 Å². The first-order valence-corrected chi connectivity index (χ1v) is 5.28. The quantitative estimate of drug-likeness (QED) is 0.730. The van der Waals surface area contributed by atoms with E-state index in [0.29, 0.717) is 0 Å². The first-order chi connectivity index (χ1) is 7.10. The summed E-state index contributed by atoms with van der Waals surface area (Å²) in [4.78, 5) is 11.4. The van der Waals surface area contributed by atoms with Crippen LogP contribution in [0.3, 0.4) is 0 Å². The van der Waals surface area contributed by atoms with Crippen LogP contribution in [-0.2, 0) is 10.4 Å². The Morgan fingerprint density at radius 2 is 2.20 bits per heavy atom. The highest BCUT2D eigenvalue weighted by Crippen LogP contribution is 2.47. The number of carbonyl (C=O) groups is 1. The van der Waals surface area contributed by atoms with Crippen LogP contribution in [0.1, 0.15) is 36.8 Å². The number of hydrogen-bond acceptors (Lipinski definition) is 2. The summed E-state index contributed by atoms with van der Waals surface area (Å²) in [6.45, 7) is 1.89. The fraction of sp³-hybridized carbons (Fsp3) is 0.417. The summed E-state index contributed by atoms with van der Waals surface area (Å²) in [5.74, 6) is -0.0489. The van der Waals surface area contributed by atoms with Crippen LogP contribution in [0.2, 0.25) is 0 Å². The first-order valence-electron chi connectivity index (χ1n) is 5.28. The zero-order valence-electron chi connectivity index (χ0n) is 8.58. The Morgan fingerprint density at radius 3 is 2.87 bits per heavy atom. The number of anilines is 1. The van der Waals surface area contributed by atoms with Gasteiger partial charge in [0.25, 0.3) is 0 Å². The molecule has 0 aromatic heterocycles. The van der Waals surface area contributed by atoms with E-state index >= 15 is 0 Å². The number of carbonyl (C=O) groups excluding carboxylic acids is 1. The molecule has 1 saturated carbocycles. The van der Waals surface area contributed by atoms with Gasteiger partial charge in [-0.05, 0) is 37.0 Å². The van der Waals surface area contributed by atoms with Gasteiger partial charge < -0.3 is 10.4 Å². The molecule has 15 heavy (non-hydrogen) atoms. The number of rotatable bonds is 1. The molecule has 1 amide bonds. The minimum atomic E-state index is -0.611. The van der Waals surface area contributed by atoms with Crippen molar-refractivity contribution in [3.05, 3.63) is 29.3 Å². The second-order valence-electron chi connectivity index (χ2n) is 4.54. The first kappa shape index (κ1) is 8.92. The highest BCUT2D eigenvalue weighted by molar-refractivity contribution is 6.02. The number of fused-ring (bicyclic) bond motifs is 1. The zero-order chi connectivity index (χ0) is 10.6. The third-order valence-electron chi connectivity index (χ3n) is 3.43. The summed E-state index contributed by atoms with van der Waals surface area (Å²) < 4.78 is 0. The van der Waals surface area contributed by atoms with Gasteiger partial charge >= 0.3 is 0 Å². The molecule has 1 fully saturated rings. The van der Waals surface area contributed by atoms with Gasteiger partial charge in [0.15, 0.2) is 0 Å². The minimum absolute atomic E-state index is 0.0462. The van der Waals surface area contributed by atoms with Crippen molar-refractivity contribution in [2.75, 3.05) is 5.32 Å². The van der Waals surface area contributed by atoms with Gasteiger partial charge in [-0.2, -0.15) is 0 Å². The molecule has 1 aliphatic carbocycles. The van der Waals surface area contributed by atoms with Crippen molar-refractivity contribution in [3.8, 4) is 0 Å². The summed E-state index contributed by atoms with van der Waals surface area (Å²) >= 11 is 0. The lowest BCUT2D eigenvalue weighted by molar-refractivity contribution is -0.116. The van der Waals surface area contributed by atoms with Gasteiger partial charge in [-0.1, -0.05) is 12.1 Å². The molecule has 3 nitrogen and oxygen atoms in total.